The van der Waals surface area contributed by atoms with E-state index < -0.39 is 4.92 Å². The number of aromatic nitrogens is 1. The Labute approximate surface area is 120 Å². The molecule has 0 saturated heterocycles. The van der Waals surface area contributed by atoms with E-state index in [2.05, 4.69) is 34.8 Å². The Morgan fingerprint density at radius 2 is 2.16 bits per heavy atom. The molecule has 104 valence electrons. The molecule has 1 aromatic rings. The number of nitro groups is 1. The molecule has 1 saturated carbocycles. The summed E-state index contributed by atoms with van der Waals surface area (Å²) in [5, 5.41) is 11.0. The van der Waals surface area contributed by atoms with Gasteiger partial charge >= 0.3 is 5.69 Å². The lowest BCUT2D eigenvalue weighted by Crippen LogP contribution is -2.29. The summed E-state index contributed by atoms with van der Waals surface area (Å²) in [6.07, 6.45) is 4.50. The highest BCUT2D eigenvalue weighted by Crippen LogP contribution is 2.34. The number of rotatable bonds is 3. The second-order valence-corrected chi connectivity index (χ2v) is 6.16. The molecule has 5 nitrogen and oxygen atoms in total. The highest BCUT2D eigenvalue weighted by atomic mass is 79.9. The van der Waals surface area contributed by atoms with Crippen LogP contribution in [0.4, 0.5) is 5.69 Å². The highest BCUT2D eigenvalue weighted by Gasteiger charge is 2.28. The standard InChI is InChI=1S/C13H17BrN2O3/c1-8-3-4-11(5-9(8)2)19-13-12(16(17)18)6-10(14)7-15-13/h6-9,11H,3-5H2,1-2H3. The Morgan fingerprint density at radius 3 is 2.79 bits per heavy atom. The average Bonchev–Trinajstić information content (AvgIpc) is 2.36. The summed E-state index contributed by atoms with van der Waals surface area (Å²) in [4.78, 5) is 14.6. The molecule has 0 amide bonds. The molecule has 1 aromatic heterocycles. The van der Waals surface area contributed by atoms with Crippen molar-refractivity contribution in [2.75, 3.05) is 0 Å². The van der Waals surface area contributed by atoms with Gasteiger partial charge in [0.25, 0.3) is 5.88 Å². The van der Waals surface area contributed by atoms with Crippen LogP contribution in [0.3, 0.4) is 0 Å². The van der Waals surface area contributed by atoms with E-state index in [9.17, 15) is 10.1 Å². The van der Waals surface area contributed by atoms with Crippen molar-refractivity contribution >= 4 is 21.6 Å². The number of hydrogen-bond donors (Lipinski definition) is 0. The first-order valence-corrected chi connectivity index (χ1v) is 7.23. The molecule has 1 aliphatic rings. The molecule has 0 bridgehead atoms. The van der Waals surface area contributed by atoms with E-state index in [1.165, 1.54) is 12.3 Å². The van der Waals surface area contributed by atoms with Crippen molar-refractivity contribution in [1.82, 2.24) is 4.98 Å². The number of ether oxygens (including phenoxy) is 1. The summed E-state index contributed by atoms with van der Waals surface area (Å²) in [6.45, 7) is 4.44. The van der Waals surface area contributed by atoms with Crippen molar-refractivity contribution in [3.05, 3.63) is 26.9 Å². The van der Waals surface area contributed by atoms with Crippen LogP contribution in [0.1, 0.15) is 33.1 Å². The van der Waals surface area contributed by atoms with Crippen molar-refractivity contribution in [1.29, 1.82) is 0 Å². The molecule has 0 aliphatic heterocycles. The van der Waals surface area contributed by atoms with Gasteiger partial charge in [0.15, 0.2) is 0 Å². The maximum absolute atomic E-state index is 11.0. The van der Waals surface area contributed by atoms with Gasteiger partial charge in [0.2, 0.25) is 0 Å². The maximum atomic E-state index is 11.0. The second-order valence-electron chi connectivity index (χ2n) is 5.24. The summed E-state index contributed by atoms with van der Waals surface area (Å²) in [7, 11) is 0. The van der Waals surface area contributed by atoms with Crippen molar-refractivity contribution < 1.29 is 9.66 Å². The third-order valence-electron chi connectivity index (χ3n) is 3.82. The average molecular weight is 329 g/mol. The first-order chi connectivity index (χ1) is 8.97. The van der Waals surface area contributed by atoms with Gasteiger partial charge in [-0.05, 0) is 47.0 Å². The molecule has 1 heterocycles. The van der Waals surface area contributed by atoms with Gasteiger partial charge in [-0.3, -0.25) is 10.1 Å². The van der Waals surface area contributed by atoms with Crippen LogP contribution < -0.4 is 4.74 Å². The third-order valence-corrected chi connectivity index (χ3v) is 4.26. The molecule has 0 radical (unpaired) electrons. The molecular weight excluding hydrogens is 312 g/mol. The summed E-state index contributed by atoms with van der Waals surface area (Å²) < 4.78 is 6.33. The van der Waals surface area contributed by atoms with Gasteiger partial charge in [-0.1, -0.05) is 13.8 Å². The zero-order valence-corrected chi connectivity index (χ0v) is 12.6. The topological polar surface area (TPSA) is 65.3 Å². The van der Waals surface area contributed by atoms with E-state index in [1.807, 2.05) is 0 Å². The summed E-state index contributed by atoms with van der Waals surface area (Å²) in [5.41, 5.74) is -0.0827. The molecule has 3 unspecified atom stereocenters. The highest BCUT2D eigenvalue weighted by molar-refractivity contribution is 9.10. The molecule has 6 heteroatoms. The molecular formula is C13H17BrN2O3. The Morgan fingerprint density at radius 1 is 1.42 bits per heavy atom. The van der Waals surface area contributed by atoms with E-state index >= 15 is 0 Å². The van der Waals surface area contributed by atoms with Gasteiger partial charge in [0.1, 0.15) is 6.10 Å². The Balaban J connectivity index is 2.13. The van der Waals surface area contributed by atoms with Gasteiger partial charge in [0.05, 0.1) is 4.92 Å². The minimum absolute atomic E-state index is 0.0265. The van der Waals surface area contributed by atoms with E-state index in [0.717, 1.165) is 19.3 Å². The van der Waals surface area contributed by atoms with Crippen LogP contribution in [-0.4, -0.2) is 16.0 Å². The lowest BCUT2D eigenvalue weighted by molar-refractivity contribution is -0.386. The van der Waals surface area contributed by atoms with Crippen LogP contribution in [0.15, 0.2) is 16.7 Å². The Hall–Kier alpha value is -1.17. The Kier molecular flexibility index (Phi) is 4.39. The van der Waals surface area contributed by atoms with E-state index in [4.69, 9.17) is 4.74 Å². The Bertz CT molecular complexity index is 481. The lowest BCUT2D eigenvalue weighted by Gasteiger charge is -2.31. The molecule has 0 N–H and O–H groups in total. The fourth-order valence-corrected chi connectivity index (χ4v) is 2.72. The SMILES string of the molecule is CC1CCC(Oc2ncc(Br)cc2[N+](=O)[O-])CC1C. The van der Waals surface area contributed by atoms with Crippen LogP contribution >= 0.6 is 15.9 Å². The van der Waals surface area contributed by atoms with Crippen molar-refractivity contribution in [3.63, 3.8) is 0 Å². The smallest absolute Gasteiger partial charge is 0.332 e. The molecule has 3 atom stereocenters. The van der Waals surface area contributed by atoms with Crippen molar-refractivity contribution in [2.45, 2.75) is 39.2 Å². The quantitative estimate of drug-likeness (QED) is 0.622. The van der Waals surface area contributed by atoms with Crippen LogP contribution in [0, 0.1) is 22.0 Å². The zero-order valence-electron chi connectivity index (χ0n) is 11.0. The van der Waals surface area contributed by atoms with Crippen molar-refractivity contribution in [3.8, 4) is 5.88 Å². The van der Waals surface area contributed by atoms with Crippen LogP contribution in [0.25, 0.3) is 0 Å². The van der Waals surface area contributed by atoms with Gasteiger partial charge in [0, 0.05) is 16.7 Å². The minimum atomic E-state index is -0.456. The fourth-order valence-electron chi connectivity index (χ4n) is 2.40. The molecule has 19 heavy (non-hydrogen) atoms. The van der Waals surface area contributed by atoms with Crippen LogP contribution in [0.2, 0.25) is 0 Å². The predicted octanol–water partition coefficient (Wildman–Crippen LogP) is 3.96. The second kappa shape index (κ2) is 5.86. The fraction of sp³-hybridized carbons (Fsp3) is 0.615. The number of hydrogen-bond acceptors (Lipinski definition) is 4. The van der Waals surface area contributed by atoms with Crippen molar-refractivity contribution in [2.24, 2.45) is 11.8 Å². The minimum Gasteiger partial charge on any atom is -0.469 e. The predicted molar refractivity (Wildman–Crippen MR) is 75.2 cm³/mol. The largest absolute Gasteiger partial charge is 0.469 e. The zero-order chi connectivity index (χ0) is 14.0. The van der Waals surface area contributed by atoms with E-state index in [0.29, 0.717) is 16.3 Å². The molecule has 0 aromatic carbocycles. The summed E-state index contributed by atoms with van der Waals surface area (Å²) >= 11 is 3.18. The normalized spacial score (nSPS) is 27.0. The lowest BCUT2D eigenvalue weighted by atomic mass is 9.80. The first-order valence-electron chi connectivity index (χ1n) is 6.44. The van der Waals surface area contributed by atoms with Crippen LogP contribution in [0.5, 0.6) is 5.88 Å². The van der Waals surface area contributed by atoms with Gasteiger partial charge in [-0.15, -0.1) is 0 Å². The number of nitrogens with zero attached hydrogens (tertiary/aromatic N) is 2. The first kappa shape index (κ1) is 14.2. The van der Waals surface area contributed by atoms with Gasteiger partial charge in [-0.25, -0.2) is 4.98 Å². The van der Waals surface area contributed by atoms with Gasteiger partial charge < -0.3 is 4.74 Å². The maximum Gasteiger partial charge on any atom is 0.332 e. The van der Waals surface area contributed by atoms with E-state index in [-0.39, 0.29) is 17.7 Å². The number of halogens is 1. The van der Waals surface area contributed by atoms with Crippen LogP contribution in [-0.2, 0) is 0 Å². The molecule has 1 fully saturated rings. The van der Waals surface area contributed by atoms with E-state index in [1.54, 1.807) is 0 Å². The monoisotopic (exact) mass is 328 g/mol. The number of pyridine rings is 1. The molecule has 1 aliphatic carbocycles. The molecule has 2 rings (SSSR count). The molecule has 0 spiro atoms. The summed E-state index contributed by atoms with van der Waals surface area (Å²) in [6, 6.07) is 1.43. The summed E-state index contributed by atoms with van der Waals surface area (Å²) in [5.74, 6) is 1.39. The third kappa shape index (κ3) is 3.43. The van der Waals surface area contributed by atoms with Gasteiger partial charge in [-0.2, -0.15) is 0 Å².